The number of guanidine groups is 2. The predicted molar refractivity (Wildman–Crippen MR) is 229 cm³/mol. The van der Waals surface area contributed by atoms with E-state index in [1.807, 2.05) is 0 Å². The van der Waals surface area contributed by atoms with E-state index in [9.17, 15) is 43.8 Å². The van der Waals surface area contributed by atoms with Gasteiger partial charge in [0.1, 0.15) is 42.0 Å². The first kappa shape index (κ1) is 50.2. The lowest BCUT2D eigenvalue weighted by Gasteiger charge is -2.33. The van der Waals surface area contributed by atoms with Gasteiger partial charge >= 0.3 is 0 Å². The monoisotopic (exact) mass is 872 g/mol. The molecule has 17 N–H and O–H groups in total. The van der Waals surface area contributed by atoms with Crippen molar-refractivity contribution in [2.24, 2.45) is 44.6 Å². The molecule has 22 nitrogen and oxygen atoms in total. The van der Waals surface area contributed by atoms with Gasteiger partial charge in [0.05, 0.1) is 6.61 Å². The maximum absolute atomic E-state index is 14.6. The Morgan fingerprint density at radius 2 is 1.24 bits per heavy atom. The normalized spacial score (nSPS) is 17.5. The molecular weight excluding hydrogens is 807 g/mol. The Balaban J connectivity index is 1.88. The van der Waals surface area contributed by atoms with Crippen LogP contribution in [0.5, 0.6) is 5.75 Å². The van der Waals surface area contributed by atoms with Crippen molar-refractivity contribution in [3.05, 3.63) is 29.8 Å². The van der Waals surface area contributed by atoms with Crippen LogP contribution in [-0.2, 0) is 40.0 Å². The number of aliphatic hydroxyl groups excluding tert-OH is 1. The van der Waals surface area contributed by atoms with Crippen LogP contribution in [0.4, 0.5) is 0 Å². The number of carbonyl (C=O) groups excluding carboxylic acids is 7. The highest BCUT2D eigenvalue weighted by atomic mass is 16.3. The van der Waals surface area contributed by atoms with E-state index in [2.05, 4.69) is 36.6 Å². The average Bonchev–Trinajstić information content (AvgIpc) is 3.72. The van der Waals surface area contributed by atoms with Gasteiger partial charge in [-0.25, -0.2) is 0 Å². The zero-order chi connectivity index (χ0) is 45.8. The fraction of sp³-hybridized carbons (Fsp3) is 0.625. The third-order valence-corrected chi connectivity index (χ3v) is 10.8. The number of aliphatic imine (C=N–C) groups is 2. The molecule has 344 valence electrons. The summed E-state index contributed by atoms with van der Waals surface area (Å²) >= 11 is 0. The molecule has 62 heavy (non-hydrogen) atoms. The van der Waals surface area contributed by atoms with Crippen LogP contribution in [0.1, 0.15) is 89.5 Å². The Morgan fingerprint density at radius 1 is 0.694 bits per heavy atom. The molecule has 0 radical (unpaired) electrons. The van der Waals surface area contributed by atoms with Gasteiger partial charge in [0.25, 0.3) is 0 Å². The molecule has 1 heterocycles. The summed E-state index contributed by atoms with van der Waals surface area (Å²) in [6.07, 6.45) is 6.17. The minimum absolute atomic E-state index is 0.0117. The number of rotatable bonds is 24. The molecule has 6 atom stereocenters. The van der Waals surface area contributed by atoms with E-state index in [1.165, 1.54) is 24.0 Å². The number of hydrogen-bond donors (Lipinski definition) is 12. The van der Waals surface area contributed by atoms with E-state index in [0.717, 1.165) is 32.1 Å². The molecule has 3 rings (SSSR count). The minimum Gasteiger partial charge on any atom is -0.508 e. The van der Waals surface area contributed by atoms with Crippen LogP contribution in [0.3, 0.4) is 0 Å². The Bertz CT molecular complexity index is 1750. The van der Waals surface area contributed by atoms with Crippen molar-refractivity contribution in [1.29, 1.82) is 0 Å². The number of phenols is 1. The summed E-state index contributed by atoms with van der Waals surface area (Å²) in [5, 5.41) is 32.8. The highest BCUT2D eigenvalue weighted by molar-refractivity contribution is 5.97. The molecule has 1 aliphatic carbocycles. The number of nitrogens with one attached hydrogen (secondary N) is 5. The summed E-state index contributed by atoms with van der Waals surface area (Å²) < 4.78 is 0. The number of phenolic OH excluding ortho intramolecular Hbond substituents is 1. The van der Waals surface area contributed by atoms with Crippen molar-refractivity contribution >= 4 is 53.3 Å². The Kier molecular flexibility index (Phi) is 20.7. The number of nitrogens with two attached hydrogens (primary N) is 5. The smallest absolute Gasteiger partial charge is 0.245 e. The minimum atomic E-state index is -1.35. The zero-order valence-corrected chi connectivity index (χ0v) is 35.4. The number of carbonyl (C=O) groups is 7. The van der Waals surface area contributed by atoms with Crippen LogP contribution in [0.15, 0.2) is 34.3 Å². The van der Waals surface area contributed by atoms with Crippen LogP contribution in [0.2, 0.25) is 0 Å². The number of aliphatic hydroxyl groups is 1. The van der Waals surface area contributed by atoms with Crippen LogP contribution in [-0.4, -0.2) is 131 Å². The molecule has 1 aromatic carbocycles. The molecule has 7 amide bonds. The van der Waals surface area contributed by atoms with Gasteiger partial charge in [-0.3, -0.25) is 43.5 Å². The molecule has 1 saturated heterocycles. The zero-order valence-electron chi connectivity index (χ0n) is 35.4. The van der Waals surface area contributed by atoms with Gasteiger partial charge in [0, 0.05) is 33.0 Å². The van der Waals surface area contributed by atoms with Gasteiger partial charge in [-0.2, -0.15) is 0 Å². The number of aromatic hydroxyl groups is 1. The van der Waals surface area contributed by atoms with Gasteiger partial charge in [-0.15, -0.1) is 0 Å². The van der Waals surface area contributed by atoms with Gasteiger partial charge in [-0.1, -0.05) is 44.2 Å². The molecule has 2 fully saturated rings. The summed E-state index contributed by atoms with van der Waals surface area (Å²) in [6, 6.07) is -1.08. The highest BCUT2D eigenvalue weighted by Gasteiger charge is 2.40. The van der Waals surface area contributed by atoms with Crippen LogP contribution >= 0.6 is 0 Å². The van der Waals surface area contributed by atoms with Crippen LogP contribution in [0.25, 0.3) is 0 Å². The summed E-state index contributed by atoms with van der Waals surface area (Å²) in [5.41, 5.74) is 27.9. The fourth-order valence-corrected chi connectivity index (χ4v) is 7.64. The second-order valence-corrected chi connectivity index (χ2v) is 15.8. The molecule has 0 aromatic heterocycles. The van der Waals surface area contributed by atoms with Crippen molar-refractivity contribution in [2.75, 3.05) is 26.2 Å². The van der Waals surface area contributed by atoms with E-state index in [1.54, 1.807) is 12.1 Å². The third kappa shape index (κ3) is 17.1. The number of nitrogens with zero attached hydrogens (tertiary/aromatic N) is 3. The SMILES string of the molecule is CC(=O)N[C@@H](CO)C(=O)N[C@@H](CCCN=C(N)N)C(=O)N[C@@H](CC1CCCCC1)C(=O)N1CCC[C@@H]1C(=O)N[C@H](Cc1ccc(O)cc1)C(=O)N[C@@H](CCCN=C(N)N)C(N)=O. The van der Waals surface area contributed by atoms with Crippen molar-refractivity contribution in [2.45, 2.75) is 127 Å². The maximum atomic E-state index is 14.6. The summed E-state index contributed by atoms with van der Waals surface area (Å²) in [5.74, 6) is -5.02. The first-order valence-corrected chi connectivity index (χ1v) is 21.1. The third-order valence-electron chi connectivity index (χ3n) is 10.8. The van der Waals surface area contributed by atoms with E-state index in [0.29, 0.717) is 18.4 Å². The van der Waals surface area contributed by atoms with Crippen molar-refractivity contribution in [1.82, 2.24) is 31.5 Å². The number of hydrogen-bond acceptors (Lipinski definition) is 11. The topological polar surface area (TPSA) is 378 Å². The first-order valence-electron chi connectivity index (χ1n) is 21.1. The van der Waals surface area contributed by atoms with Crippen LogP contribution in [0, 0.1) is 5.92 Å². The van der Waals surface area contributed by atoms with Gasteiger partial charge in [-0.05, 0) is 68.6 Å². The lowest BCUT2D eigenvalue weighted by atomic mass is 9.84. The Hall–Kier alpha value is -6.19. The second-order valence-electron chi connectivity index (χ2n) is 15.8. The molecule has 0 bridgehead atoms. The lowest BCUT2D eigenvalue weighted by molar-refractivity contribution is -0.143. The van der Waals surface area contributed by atoms with E-state index < -0.39 is 84.2 Å². The molecule has 2 aliphatic rings. The van der Waals surface area contributed by atoms with Crippen molar-refractivity contribution < 1.29 is 43.8 Å². The molecule has 0 unspecified atom stereocenters. The molecule has 1 saturated carbocycles. The standard InChI is InChI=1S/C40H65N13O9/c1-23(55)48-31(22-54)36(60)50-28(11-6-18-47-40(44)45)34(58)52-30(21-24-8-3-2-4-9-24)38(62)53-19-7-12-32(53)37(61)51-29(20-25-13-15-26(56)16-14-25)35(59)49-27(33(41)57)10-5-17-46-39(42)43/h13-16,24,27-32,54,56H,2-12,17-22H2,1H3,(H2,41,57)(H,48,55)(H,49,59)(H,50,60)(H,51,61)(H,52,58)(H4,42,43,46)(H4,44,45,47)/t27-,28-,29+,30-,31-,32+/m0/s1. The van der Waals surface area contributed by atoms with E-state index in [-0.39, 0.29) is 81.7 Å². The first-order chi connectivity index (χ1) is 29.5. The quantitative estimate of drug-likeness (QED) is 0.0279. The molecular formula is C40H65N13O9. The van der Waals surface area contributed by atoms with E-state index in [4.69, 9.17) is 28.7 Å². The Morgan fingerprint density at radius 3 is 1.81 bits per heavy atom. The lowest BCUT2D eigenvalue weighted by Crippen LogP contribution is -2.60. The molecule has 0 spiro atoms. The number of primary amides is 1. The average molecular weight is 872 g/mol. The number of benzene rings is 1. The largest absolute Gasteiger partial charge is 0.508 e. The van der Waals surface area contributed by atoms with Crippen LogP contribution < -0.4 is 55.3 Å². The van der Waals surface area contributed by atoms with Gasteiger partial charge in [0.2, 0.25) is 41.4 Å². The molecule has 1 aromatic rings. The number of amides is 7. The van der Waals surface area contributed by atoms with Crippen molar-refractivity contribution in [3.63, 3.8) is 0 Å². The maximum Gasteiger partial charge on any atom is 0.245 e. The number of likely N-dealkylation sites (tertiary alicyclic amines) is 1. The fourth-order valence-electron chi connectivity index (χ4n) is 7.64. The summed E-state index contributed by atoms with van der Waals surface area (Å²) in [6.45, 7) is 0.920. The van der Waals surface area contributed by atoms with Gasteiger partial charge < -0.3 is 70.4 Å². The van der Waals surface area contributed by atoms with E-state index >= 15 is 0 Å². The summed E-state index contributed by atoms with van der Waals surface area (Å²) in [4.78, 5) is 103. The van der Waals surface area contributed by atoms with Gasteiger partial charge in [0.15, 0.2) is 11.9 Å². The summed E-state index contributed by atoms with van der Waals surface area (Å²) in [7, 11) is 0. The highest BCUT2D eigenvalue weighted by Crippen LogP contribution is 2.29. The molecule has 22 heteroatoms. The van der Waals surface area contributed by atoms with Crippen molar-refractivity contribution in [3.8, 4) is 5.75 Å². The Labute approximate surface area is 361 Å². The predicted octanol–water partition coefficient (Wildman–Crippen LogP) is -3.08. The second kappa shape index (κ2) is 25.6. The molecule has 1 aliphatic heterocycles.